The van der Waals surface area contributed by atoms with Crippen molar-refractivity contribution < 1.29 is 13.2 Å². The minimum absolute atomic E-state index is 0.0344. The van der Waals surface area contributed by atoms with E-state index in [2.05, 4.69) is 0 Å². The first-order valence-corrected chi connectivity index (χ1v) is 13.1. The largest absolute Gasteiger partial charge is 0.308 e. The Kier molecular flexibility index (Phi) is 6.85. The van der Waals surface area contributed by atoms with Crippen LogP contribution in [-0.2, 0) is 27.8 Å². The molecule has 0 spiro atoms. The third-order valence-corrected chi connectivity index (χ3v) is 8.61. The molecule has 0 radical (unpaired) electrons. The van der Waals surface area contributed by atoms with Gasteiger partial charge >= 0.3 is 0 Å². The van der Waals surface area contributed by atoms with Gasteiger partial charge in [-0.1, -0.05) is 59.6 Å². The van der Waals surface area contributed by atoms with E-state index in [1.165, 1.54) is 4.31 Å². The lowest BCUT2D eigenvalue weighted by atomic mass is 10.1. The molecule has 1 aliphatic rings. The molecular formula is C27H29ClN2O3S. The van der Waals surface area contributed by atoms with Crippen LogP contribution in [0.5, 0.6) is 0 Å². The summed E-state index contributed by atoms with van der Waals surface area (Å²) in [5, 5.41) is 0.571. The predicted molar refractivity (Wildman–Crippen MR) is 137 cm³/mol. The summed E-state index contributed by atoms with van der Waals surface area (Å²) in [7, 11) is -3.95. The topological polar surface area (TPSA) is 57.7 Å². The summed E-state index contributed by atoms with van der Waals surface area (Å²) in [6.45, 7) is 7.35. The number of para-hydroxylation sites is 1. The number of nitrogens with zero attached hydrogens (tertiary/aromatic N) is 2. The van der Waals surface area contributed by atoms with Gasteiger partial charge in [-0.05, 0) is 74.6 Å². The summed E-state index contributed by atoms with van der Waals surface area (Å²) in [5.41, 5.74) is 5.05. The fourth-order valence-electron chi connectivity index (χ4n) is 4.89. The number of sulfonamides is 1. The quantitative estimate of drug-likeness (QED) is 0.457. The SMILES string of the molecule is Cc1cc(C)c(S(=O)(=O)N(CC(=O)N2c3ccccc3C[C@H]2C)Cc2ccc(Cl)cc2)c(C)c1. The molecule has 5 nitrogen and oxygen atoms in total. The van der Waals surface area contributed by atoms with E-state index >= 15 is 0 Å². The fraction of sp³-hybridized carbons (Fsp3) is 0.296. The number of halogens is 1. The van der Waals surface area contributed by atoms with Gasteiger partial charge < -0.3 is 4.90 Å². The van der Waals surface area contributed by atoms with E-state index in [4.69, 9.17) is 11.6 Å². The molecule has 0 saturated heterocycles. The Bertz CT molecular complexity index is 1310. The number of benzene rings is 3. The second kappa shape index (κ2) is 9.53. The zero-order chi connectivity index (χ0) is 24.6. The molecule has 0 unspecified atom stereocenters. The summed E-state index contributed by atoms with van der Waals surface area (Å²) >= 11 is 6.03. The van der Waals surface area contributed by atoms with Crippen LogP contribution < -0.4 is 4.90 Å². The second-order valence-electron chi connectivity index (χ2n) is 9.07. The number of carbonyl (C=O) groups excluding carboxylic acids is 1. The molecule has 0 N–H and O–H groups in total. The van der Waals surface area contributed by atoms with Crippen LogP contribution in [0.3, 0.4) is 0 Å². The molecule has 178 valence electrons. The van der Waals surface area contributed by atoms with Crippen LogP contribution in [-0.4, -0.2) is 31.2 Å². The van der Waals surface area contributed by atoms with Crippen LogP contribution in [0.25, 0.3) is 0 Å². The van der Waals surface area contributed by atoms with E-state index in [9.17, 15) is 13.2 Å². The van der Waals surface area contributed by atoms with Crippen molar-refractivity contribution >= 4 is 33.2 Å². The number of anilines is 1. The lowest BCUT2D eigenvalue weighted by Gasteiger charge is -2.28. The summed E-state index contributed by atoms with van der Waals surface area (Å²) in [6.07, 6.45) is 0.752. The summed E-state index contributed by atoms with van der Waals surface area (Å²) in [4.78, 5) is 15.6. The minimum Gasteiger partial charge on any atom is -0.308 e. The van der Waals surface area contributed by atoms with Gasteiger partial charge in [0.1, 0.15) is 0 Å². The number of aryl methyl sites for hydroxylation is 3. The van der Waals surface area contributed by atoms with Crippen molar-refractivity contribution in [3.05, 3.63) is 93.5 Å². The number of hydrogen-bond donors (Lipinski definition) is 0. The Morgan fingerprint density at radius 3 is 2.29 bits per heavy atom. The molecule has 1 amide bonds. The maximum Gasteiger partial charge on any atom is 0.244 e. The van der Waals surface area contributed by atoms with Crippen LogP contribution in [0, 0.1) is 20.8 Å². The zero-order valence-electron chi connectivity index (χ0n) is 19.9. The Morgan fingerprint density at radius 2 is 1.65 bits per heavy atom. The maximum atomic E-state index is 14.0. The second-order valence-corrected chi connectivity index (χ2v) is 11.4. The van der Waals surface area contributed by atoms with Gasteiger partial charge in [-0.3, -0.25) is 4.79 Å². The molecule has 3 aromatic carbocycles. The van der Waals surface area contributed by atoms with Crippen LogP contribution >= 0.6 is 11.6 Å². The molecule has 0 aromatic heterocycles. The third-order valence-electron chi connectivity index (χ3n) is 6.26. The highest BCUT2D eigenvalue weighted by Crippen LogP contribution is 2.33. The molecule has 0 saturated carbocycles. The number of amides is 1. The summed E-state index contributed by atoms with van der Waals surface area (Å²) in [5.74, 6) is -0.239. The molecule has 1 aliphatic heterocycles. The number of carbonyl (C=O) groups is 1. The molecule has 1 heterocycles. The summed E-state index contributed by atoms with van der Waals surface area (Å²) in [6, 6.07) is 18.5. The van der Waals surface area contributed by atoms with E-state index < -0.39 is 10.0 Å². The Balaban J connectivity index is 1.73. The lowest BCUT2D eigenvalue weighted by molar-refractivity contribution is -0.119. The Hall–Kier alpha value is -2.67. The zero-order valence-corrected chi connectivity index (χ0v) is 21.4. The van der Waals surface area contributed by atoms with E-state index in [0.29, 0.717) is 16.1 Å². The smallest absolute Gasteiger partial charge is 0.244 e. The van der Waals surface area contributed by atoms with Gasteiger partial charge in [0, 0.05) is 23.3 Å². The van der Waals surface area contributed by atoms with Crippen LogP contribution in [0.2, 0.25) is 5.02 Å². The maximum absolute atomic E-state index is 14.0. The van der Waals surface area contributed by atoms with Gasteiger partial charge in [0.25, 0.3) is 0 Å². The third kappa shape index (κ3) is 4.76. The molecule has 1 atom stereocenters. The van der Waals surface area contributed by atoms with Crippen LogP contribution in [0.4, 0.5) is 5.69 Å². The average molecular weight is 497 g/mol. The Labute approximate surface area is 207 Å². The van der Waals surface area contributed by atoms with Crippen molar-refractivity contribution in [2.75, 3.05) is 11.4 Å². The highest BCUT2D eigenvalue weighted by molar-refractivity contribution is 7.89. The highest BCUT2D eigenvalue weighted by Gasteiger charge is 2.35. The Morgan fingerprint density at radius 1 is 1.03 bits per heavy atom. The first-order valence-electron chi connectivity index (χ1n) is 11.3. The standard InChI is InChI=1S/C27H29ClN2O3S/c1-18-13-19(2)27(20(3)14-18)34(32,33)29(16-22-9-11-24(28)12-10-22)17-26(31)30-21(4)15-23-7-5-6-8-25(23)30/h5-14,21H,15-17H2,1-4H3/t21-/m1/s1. The van der Waals surface area contributed by atoms with Gasteiger partial charge in [0.05, 0.1) is 11.4 Å². The molecule has 7 heteroatoms. The van der Waals surface area contributed by atoms with E-state index in [1.807, 2.05) is 50.2 Å². The number of rotatable bonds is 6. The van der Waals surface area contributed by atoms with Crippen LogP contribution in [0.1, 0.15) is 34.7 Å². The first-order chi connectivity index (χ1) is 16.1. The average Bonchev–Trinajstić information content (AvgIpc) is 3.09. The van der Waals surface area contributed by atoms with E-state index in [-0.39, 0.29) is 29.9 Å². The first kappa shape index (κ1) is 24.5. The van der Waals surface area contributed by atoms with Gasteiger partial charge in [0.2, 0.25) is 15.9 Å². The van der Waals surface area contributed by atoms with Crippen molar-refractivity contribution in [1.29, 1.82) is 0 Å². The molecule has 34 heavy (non-hydrogen) atoms. The lowest BCUT2D eigenvalue weighted by Crippen LogP contribution is -2.45. The normalized spacial score (nSPS) is 15.6. The van der Waals surface area contributed by atoms with Crippen molar-refractivity contribution in [2.45, 2.75) is 51.6 Å². The molecule has 4 rings (SSSR count). The molecular weight excluding hydrogens is 468 g/mol. The van der Waals surface area contributed by atoms with Crippen molar-refractivity contribution in [1.82, 2.24) is 4.31 Å². The van der Waals surface area contributed by atoms with Crippen molar-refractivity contribution in [2.24, 2.45) is 0 Å². The highest BCUT2D eigenvalue weighted by atomic mass is 35.5. The number of fused-ring (bicyclic) bond motifs is 1. The monoisotopic (exact) mass is 496 g/mol. The molecule has 0 fully saturated rings. The number of hydrogen-bond acceptors (Lipinski definition) is 3. The molecule has 0 aliphatic carbocycles. The van der Waals surface area contributed by atoms with Crippen molar-refractivity contribution in [3.63, 3.8) is 0 Å². The molecule has 3 aromatic rings. The minimum atomic E-state index is -3.95. The molecule has 0 bridgehead atoms. The van der Waals surface area contributed by atoms with Gasteiger partial charge in [0.15, 0.2) is 0 Å². The van der Waals surface area contributed by atoms with E-state index in [0.717, 1.165) is 28.8 Å². The summed E-state index contributed by atoms with van der Waals surface area (Å²) < 4.78 is 29.2. The van der Waals surface area contributed by atoms with Gasteiger partial charge in [-0.15, -0.1) is 0 Å². The predicted octanol–water partition coefficient (Wildman–Crippen LogP) is 5.43. The van der Waals surface area contributed by atoms with Gasteiger partial charge in [-0.25, -0.2) is 8.42 Å². The van der Waals surface area contributed by atoms with E-state index in [1.54, 1.807) is 43.0 Å². The fourth-order valence-corrected chi connectivity index (χ4v) is 6.81. The van der Waals surface area contributed by atoms with Gasteiger partial charge in [-0.2, -0.15) is 4.31 Å². The van der Waals surface area contributed by atoms with Crippen LogP contribution in [0.15, 0.2) is 65.6 Å². The van der Waals surface area contributed by atoms with Crippen molar-refractivity contribution in [3.8, 4) is 0 Å².